The van der Waals surface area contributed by atoms with E-state index in [1.807, 2.05) is 0 Å². The van der Waals surface area contributed by atoms with Gasteiger partial charge >= 0.3 is 0 Å². The summed E-state index contributed by atoms with van der Waals surface area (Å²) >= 11 is 0. The van der Waals surface area contributed by atoms with Gasteiger partial charge in [0.2, 0.25) is 5.91 Å². The zero-order chi connectivity index (χ0) is 9.78. The molecule has 0 bridgehead atoms. The summed E-state index contributed by atoms with van der Waals surface area (Å²) in [6.07, 6.45) is 0. The van der Waals surface area contributed by atoms with Crippen molar-refractivity contribution in [3.63, 3.8) is 0 Å². The van der Waals surface area contributed by atoms with E-state index in [1.165, 1.54) is 5.48 Å². The van der Waals surface area contributed by atoms with Crippen molar-refractivity contribution in [2.45, 2.75) is 20.8 Å². The summed E-state index contributed by atoms with van der Waals surface area (Å²) in [4.78, 5) is 21.6. The molecule has 0 rings (SSSR count). The van der Waals surface area contributed by atoms with Gasteiger partial charge in [0, 0.05) is 5.41 Å². The van der Waals surface area contributed by atoms with Gasteiger partial charge in [0.25, 0.3) is 5.91 Å². The molecule has 0 aromatic heterocycles. The SMILES string of the molecule is CC(C)(C)C(=O)NCC(=O)NO. The highest BCUT2D eigenvalue weighted by atomic mass is 16.5. The highest BCUT2D eigenvalue weighted by Crippen LogP contribution is 2.11. The lowest BCUT2D eigenvalue weighted by Crippen LogP contribution is -2.40. The maximum atomic E-state index is 11.1. The number of carbonyl (C=O) groups is 2. The molecule has 5 nitrogen and oxygen atoms in total. The molecule has 0 fully saturated rings. The summed E-state index contributed by atoms with van der Waals surface area (Å²) in [7, 11) is 0. The number of carbonyl (C=O) groups excluding carboxylic acids is 2. The van der Waals surface area contributed by atoms with Crippen LogP contribution in [0.25, 0.3) is 0 Å². The Balaban J connectivity index is 3.81. The molecule has 5 heteroatoms. The first kappa shape index (κ1) is 10.9. The summed E-state index contributed by atoms with van der Waals surface area (Å²) in [5.41, 5.74) is 0.900. The summed E-state index contributed by atoms with van der Waals surface area (Å²) < 4.78 is 0. The van der Waals surface area contributed by atoms with Crippen LogP contribution in [0, 0.1) is 5.41 Å². The van der Waals surface area contributed by atoms with E-state index in [-0.39, 0.29) is 12.5 Å². The Labute approximate surface area is 71.1 Å². The average Bonchev–Trinajstić information content (AvgIpc) is 1.97. The number of hydrogen-bond donors (Lipinski definition) is 3. The number of hydroxylamine groups is 1. The van der Waals surface area contributed by atoms with Gasteiger partial charge in [-0.25, -0.2) is 5.48 Å². The Morgan fingerprint density at radius 3 is 2.17 bits per heavy atom. The molecule has 0 aliphatic carbocycles. The molecule has 70 valence electrons. The monoisotopic (exact) mass is 174 g/mol. The molecule has 0 radical (unpaired) electrons. The molecule has 2 amide bonds. The van der Waals surface area contributed by atoms with Crippen LogP contribution >= 0.6 is 0 Å². The third-order valence-corrected chi connectivity index (χ3v) is 1.22. The summed E-state index contributed by atoms with van der Waals surface area (Å²) in [5.74, 6) is -0.862. The molecule has 12 heavy (non-hydrogen) atoms. The lowest BCUT2D eigenvalue weighted by Gasteiger charge is -2.16. The van der Waals surface area contributed by atoms with Gasteiger partial charge in [0.05, 0.1) is 6.54 Å². The van der Waals surface area contributed by atoms with E-state index >= 15 is 0 Å². The van der Waals surface area contributed by atoms with Crippen LogP contribution < -0.4 is 10.8 Å². The molecular weight excluding hydrogens is 160 g/mol. The van der Waals surface area contributed by atoms with Crippen LogP contribution in [0.15, 0.2) is 0 Å². The second kappa shape index (κ2) is 4.06. The first-order chi connectivity index (χ1) is 5.38. The lowest BCUT2D eigenvalue weighted by atomic mass is 9.96. The second-order valence-electron chi connectivity index (χ2n) is 3.47. The normalized spacial score (nSPS) is 10.7. The first-order valence-electron chi connectivity index (χ1n) is 3.59. The van der Waals surface area contributed by atoms with Gasteiger partial charge in [-0.05, 0) is 0 Å². The zero-order valence-corrected chi connectivity index (χ0v) is 7.47. The van der Waals surface area contributed by atoms with Crippen molar-refractivity contribution in [1.29, 1.82) is 0 Å². The van der Waals surface area contributed by atoms with Crippen LogP contribution in [0.4, 0.5) is 0 Å². The van der Waals surface area contributed by atoms with Gasteiger partial charge in [-0.3, -0.25) is 14.8 Å². The van der Waals surface area contributed by atoms with E-state index in [0.717, 1.165) is 0 Å². The maximum Gasteiger partial charge on any atom is 0.262 e. The molecular formula is C7H14N2O3. The Morgan fingerprint density at radius 2 is 1.83 bits per heavy atom. The molecule has 0 heterocycles. The van der Waals surface area contributed by atoms with Gasteiger partial charge in [0.1, 0.15) is 0 Å². The fourth-order valence-electron chi connectivity index (χ4n) is 0.465. The van der Waals surface area contributed by atoms with Crippen molar-refractivity contribution >= 4 is 11.8 Å². The van der Waals surface area contributed by atoms with E-state index < -0.39 is 11.3 Å². The first-order valence-corrected chi connectivity index (χ1v) is 3.59. The molecule has 0 aromatic rings. The molecule has 0 saturated carbocycles. The Hall–Kier alpha value is -1.10. The van der Waals surface area contributed by atoms with Crippen molar-refractivity contribution in [1.82, 2.24) is 10.8 Å². The van der Waals surface area contributed by atoms with E-state index in [1.54, 1.807) is 20.8 Å². The van der Waals surface area contributed by atoms with Crippen LogP contribution in [0.3, 0.4) is 0 Å². The third kappa shape index (κ3) is 3.92. The highest BCUT2D eigenvalue weighted by Gasteiger charge is 2.21. The smallest absolute Gasteiger partial charge is 0.262 e. The maximum absolute atomic E-state index is 11.1. The lowest BCUT2D eigenvalue weighted by molar-refractivity contribution is -0.134. The third-order valence-electron chi connectivity index (χ3n) is 1.22. The minimum absolute atomic E-state index is 0.202. The van der Waals surface area contributed by atoms with E-state index in [9.17, 15) is 9.59 Å². The molecule has 0 atom stereocenters. The van der Waals surface area contributed by atoms with Gasteiger partial charge in [-0.2, -0.15) is 0 Å². The van der Waals surface area contributed by atoms with E-state index in [2.05, 4.69) is 5.32 Å². The number of rotatable bonds is 2. The topological polar surface area (TPSA) is 78.4 Å². The average molecular weight is 174 g/mol. The number of hydrogen-bond acceptors (Lipinski definition) is 3. The molecule has 0 unspecified atom stereocenters. The summed E-state index contributed by atoms with van der Waals surface area (Å²) in [6.45, 7) is 5.00. The van der Waals surface area contributed by atoms with Crippen molar-refractivity contribution in [2.75, 3.05) is 6.54 Å². The van der Waals surface area contributed by atoms with Crippen LogP contribution in [-0.4, -0.2) is 23.6 Å². The Bertz CT molecular complexity index is 184. The van der Waals surface area contributed by atoms with Crippen molar-refractivity contribution in [3.05, 3.63) is 0 Å². The number of nitrogens with one attached hydrogen (secondary N) is 2. The highest BCUT2D eigenvalue weighted by molar-refractivity contribution is 5.86. The summed E-state index contributed by atoms with van der Waals surface area (Å²) in [5, 5.41) is 10.5. The van der Waals surface area contributed by atoms with Crippen molar-refractivity contribution < 1.29 is 14.8 Å². The minimum Gasteiger partial charge on any atom is -0.346 e. The van der Waals surface area contributed by atoms with Gasteiger partial charge in [0.15, 0.2) is 0 Å². The van der Waals surface area contributed by atoms with Gasteiger partial charge < -0.3 is 5.32 Å². The summed E-state index contributed by atoms with van der Waals surface area (Å²) in [6, 6.07) is 0. The van der Waals surface area contributed by atoms with E-state index in [4.69, 9.17) is 5.21 Å². The van der Waals surface area contributed by atoms with Gasteiger partial charge in [-0.15, -0.1) is 0 Å². The standard InChI is InChI=1S/C7H14N2O3/c1-7(2,3)6(11)8-4-5(10)9-12/h12H,4H2,1-3H3,(H,8,11)(H,9,10). The Kier molecular flexibility index (Phi) is 3.69. The molecule has 0 aromatic carbocycles. The zero-order valence-electron chi connectivity index (χ0n) is 7.47. The minimum atomic E-state index is -0.632. The van der Waals surface area contributed by atoms with Crippen LogP contribution in [0.2, 0.25) is 0 Å². The van der Waals surface area contributed by atoms with Crippen molar-refractivity contribution in [2.24, 2.45) is 5.41 Å². The second-order valence-corrected chi connectivity index (χ2v) is 3.47. The fraction of sp³-hybridized carbons (Fsp3) is 0.714. The largest absolute Gasteiger partial charge is 0.346 e. The Morgan fingerprint density at radius 1 is 1.33 bits per heavy atom. The predicted molar refractivity (Wildman–Crippen MR) is 42.4 cm³/mol. The van der Waals surface area contributed by atoms with Gasteiger partial charge in [-0.1, -0.05) is 20.8 Å². The molecule has 3 N–H and O–H groups in total. The quantitative estimate of drug-likeness (QED) is 0.395. The molecule has 0 aliphatic heterocycles. The fourth-order valence-corrected chi connectivity index (χ4v) is 0.465. The predicted octanol–water partition coefficient (Wildman–Crippen LogP) is -0.346. The molecule has 0 saturated heterocycles. The molecule has 0 aliphatic rings. The number of amides is 2. The van der Waals surface area contributed by atoms with E-state index in [0.29, 0.717) is 0 Å². The van der Waals surface area contributed by atoms with Crippen LogP contribution in [0.1, 0.15) is 20.8 Å². The molecule has 0 spiro atoms. The van der Waals surface area contributed by atoms with Crippen LogP contribution in [0.5, 0.6) is 0 Å². The van der Waals surface area contributed by atoms with Crippen LogP contribution in [-0.2, 0) is 9.59 Å². The van der Waals surface area contributed by atoms with Crippen molar-refractivity contribution in [3.8, 4) is 0 Å².